The van der Waals surface area contributed by atoms with Crippen molar-refractivity contribution in [2.75, 3.05) is 46.0 Å². The van der Waals surface area contributed by atoms with Crippen LogP contribution in [0.4, 0.5) is 0 Å². The van der Waals surface area contributed by atoms with Crippen molar-refractivity contribution < 1.29 is 14.3 Å². The van der Waals surface area contributed by atoms with E-state index in [1.165, 1.54) is 16.5 Å². The van der Waals surface area contributed by atoms with E-state index in [4.69, 9.17) is 21.1 Å². The molecule has 1 amide bonds. The summed E-state index contributed by atoms with van der Waals surface area (Å²) in [5.41, 5.74) is 3.41. The molecule has 5 rings (SSSR count). The molecule has 204 valence electrons. The van der Waals surface area contributed by atoms with Crippen molar-refractivity contribution in [3.05, 3.63) is 64.8 Å². The van der Waals surface area contributed by atoms with E-state index in [9.17, 15) is 4.79 Å². The normalized spacial score (nSPS) is 20.7. The fourth-order valence-corrected chi connectivity index (χ4v) is 6.18. The van der Waals surface area contributed by atoms with Crippen LogP contribution in [0.3, 0.4) is 0 Å². The number of hydrogen-bond acceptors (Lipinski definition) is 4. The summed E-state index contributed by atoms with van der Waals surface area (Å²) in [5, 5.41) is 2.06. The summed E-state index contributed by atoms with van der Waals surface area (Å²) in [6.45, 7) is 11.1. The van der Waals surface area contributed by atoms with E-state index in [0.29, 0.717) is 39.3 Å². The Labute approximate surface area is 231 Å². The van der Waals surface area contributed by atoms with Crippen LogP contribution >= 0.6 is 11.6 Å². The molecular formula is C31H40ClN3O3. The highest BCUT2D eigenvalue weighted by molar-refractivity contribution is 6.31. The Morgan fingerprint density at radius 1 is 1.13 bits per heavy atom. The Bertz CT molecular complexity index is 1250. The van der Waals surface area contributed by atoms with Crippen molar-refractivity contribution in [2.45, 2.75) is 52.6 Å². The summed E-state index contributed by atoms with van der Waals surface area (Å²) in [4.78, 5) is 18.0. The second-order valence-electron chi connectivity index (χ2n) is 11.0. The second kappa shape index (κ2) is 12.1. The Balaban J connectivity index is 1.36. The molecule has 0 saturated carbocycles. The van der Waals surface area contributed by atoms with Crippen LogP contribution in [0.2, 0.25) is 5.02 Å². The Hall–Kier alpha value is -2.54. The van der Waals surface area contributed by atoms with Gasteiger partial charge in [0.1, 0.15) is 5.75 Å². The first-order chi connectivity index (χ1) is 18.5. The summed E-state index contributed by atoms with van der Waals surface area (Å²) >= 11 is 6.25. The Morgan fingerprint density at radius 3 is 2.74 bits per heavy atom. The van der Waals surface area contributed by atoms with Gasteiger partial charge in [-0.15, -0.1) is 0 Å². The number of halogens is 1. The maximum Gasteiger partial charge on any atom is 0.223 e. The summed E-state index contributed by atoms with van der Waals surface area (Å²) in [6.07, 6.45) is 5.96. The predicted molar refractivity (Wildman–Crippen MR) is 153 cm³/mol. The van der Waals surface area contributed by atoms with Crippen LogP contribution in [-0.4, -0.2) is 66.3 Å². The number of fused-ring (bicyclic) bond motifs is 1. The molecule has 6 nitrogen and oxygen atoms in total. The fourth-order valence-electron chi connectivity index (χ4n) is 6.06. The van der Waals surface area contributed by atoms with E-state index >= 15 is 0 Å². The lowest BCUT2D eigenvalue weighted by Crippen LogP contribution is -2.50. The first-order valence-corrected chi connectivity index (χ1v) is 14.4. The number of likely N-dealkylation sites (tertiary alicyclic amines) is 1. The zero-order valence-electron chi connectivity index (χ0n) is 22.8. The van der Waals surface area contributed by atoms with Gasteiger partial charge in [0.2, 0.25) is 5.91 Å². The van der Waals surface area contributed by atoms with Crippen molar-refractivity contribution >= 4 is 28.4 Å². The largest absolute Gasteiger partial charge is 0.493 e. The summed E-state index contributed by atoms with van der Waals surface area (Å²) in [6, 6.07) is 14.5. The van der Waals surface area contributed by atoms with Crippen LogP contribution in [0.15, 0.2) is 48.7 Å². The zero-order chi connectivity index (χ0) is 26.5. The molecule has 2 aliphatic rings. The third-order valence-electron chi connectivity index (χ3n) is 8.03. The number of rotatable bonds is 9. The molecule has 0 spiro atoms. The van der Waals surface area contributed by atoms with E-state index in [-0.39, 0.29) is 11.3 Å². The number of carbonyl (C=O) groups excluding carboxylic acids is 1. The van der Waals surface area contributed by atoms with E-state index < -0.39 is 0 Å². The van der Waals surface area contributed by atoms with Gasteiger partial charge in [-0.25, -0.2) is 0 Å². The van der Waals surface area contributed by atoms with Crippen molar-refractivity contribution in [3.63, 3.8) is 0 Å². The average Bonchev–Trinajstić information content (AvgIpc) is 3.27. The molecule has 0 unspecified atom stereocenters. The first kappa shape index (κ1) is 27.0. The van der Waals surface area contributed by atoms with Gasteiger partial charge < -0.3 is 18.9 Å². The third-order valence-corrected chi connectivity index (χ3v) is 8.46. The number of benzene rings is 2. The van der Waals surface area contributed by atoms with Gasteiger partial charge in [-0.1, -0.05) is 36.7 Å². The van der Waals surface area contributed by atoms with Crippen LogP contribution in [-0.2, 0) is 22.6 Å². The van der Waals surface area contributed by atoms with Crippen molar-refractivity contribution in [1.29, 1.82) is 0 Å². The molecule has 0 bridgehead atoms. The highest BCUT2D eigenvalue weighted by atomic mass is 35.5. The number of piperidine rings is 1. The van der Waals surface area contributed by atoms with Crippen molar-refractivity contribution in [2.24, 2.45) is 5.41 Å². The summed E-state index contributed by atoms with van der Waals surface area (Å²) < 4.78 is 14.3. The molecule has 2 fully saturated rings. The van der Waals surface area contributed by atoms with E-state index in [1.54, 1.807) is 0 Å². The summed E-state index contributed by atoms with van der Waals surface area (Å²) in [7, 11) is 0. The van der Waals surface area contributed by atoms with Crippen molar-refractivity contribution in [1.82, 2.24) is 14.4 Å². The highest BCUT2D eigenvalue weighted by Crippen LogP contribution is 2.37. The SMILES string of the molecule is CCCn1cc(CN2CCC[C@](COc3ccc(Cl)c(C)c3)(CC(=O)N3CCOCC3)C2)c2ccccc21. The monoisotopic (exact) mass is 537 g/mol. The topological polar surface area (TPSA) is 46.9 Å². The van der Waals surface area contributed by atoms with E-state index in [0.717, 1.165) is 61.8 Å². The number of carbonyl (C=O) groups is 1. The van der Waals surface area contributed by atoms with Gasteiger partial charge in [-0.3, -0.25) is 9.69 Å². The average molecular weight is 538 g/mol. The molecule has 2 aliphatic heterocycles. The van der Waals surface area contributed by atoms with Crippen LogP contribution in [0, 0.1) is 12.3 Å². The molecule has 2 saturated heterocycles. The minimum Gasteiger partial charge on any atom is -0.493 e. The van der Waals surface area contributed by atoms with Gasteiger partial charge >= 0.3 is 0 Å². The zero-order valence-corrected chi connectivity index (χ0v) is 23.5. The maximum atomic E-state index is 13.5. The molecule has 3 heterocycles. The molecule has 38 heavy (non-hydrogen) atoms. The van der Waals surface area contributed by atoms with Crippen LogP contribution in [0.25, 0.3) is 10.9 Å². The number of hydrogen-bond donors (Lipinski definition) is 0. The second-order valence-corrected chi connectivity index (χ2v) is 11.5. The molecule has 7 heteroatoms. The minimum atomic E-state index is -0.247. The standard InChI is InChI=1S/C31H40ClN3O3/c1-3-12-35-21-25(27-7-4-5-8-29(27)35)20-33-13-6-11-31(22-33,19-30(36)34-14-16-37-17-15-34)23-38-26-9-10-28(32)24(2)18-26/h4-5,7-10,18,21H,3,6,11-17,19-20,22-23H2,1-2H3/t31-/m0/s1. The molecule has 0 N–H and O–H groups in total. The predicted octanol–water partition coefficient (Wildman–Crippen LogP) is 5.92. The molecular weight excluding hydrogens is 498 g/mol. The number of ether oxygens (including phenoxy) is 2. The molecule has 1 aromatic heterocycles. The van der Waals surface area contributed by atoms with Crippen LogP contribution in [0.1, 0.15) is 43.7 Å². The number of amides is 1. The fraction of sp³-hybridized carbons (Fsp3) is 0.516. The van der Waals surface area contributed by atoms with E-state index in [2.05, 4.69) is 46.9 Å². The lowest BCUT2D eigenvalue weighted by molar-refractivity contribution is -0.139. The number of aromatic nitrogens is 1. The van der Waals surface area contributed by atoms with Crippen LogP contribution in [0.5, 0.6) is 5.75 Å². The molecule has 1 atom stereocenters. The molecule has 3 aromatic rings. The lowest BCUT2D eigenvalue weighted by atomic mass is 9.77. The van der Waals surface area contributed by atoms with Gasteiger partial charge in [-0.2, -0.15) is 0 Å². The Kier molecular flexibility index (Phi) is 8.61. The summed E-state index contributed by atoms with van der Waals surface area (Å²) in [5.74, 6) is 1.02. The number of aryl methyl sites for hydroxylation is 2. The quantitative estimate of drug-likeness (QED) is 0.340. The van der Waals surface area contributed by atoms with Gasteiger partial charge in [0.15, 0.2) is 0 Å². The van der Waals surface area contributed by atoms with Gasteiger partial charge in [0.05, 0.1) is 19.8 Å². The first-order valence-electron chi connectivity index (χ1n) is 14.0. The highest BCUT2D eigenvalue weighted by Gasteiger charge is 2.40. The van der Waals surface area contributed by atoms with Gasteiger partial charge in [0, 0.05) is 66.7 Å². The van der Waals surface area contributed by atoms with Gasteiger partial charge in [-0.05, 0) is 68.1 Å². The smallest absolute Gasteiger partial charge is 0.223 e. The van der Waals surface area contributed by atoms with Gasteiger partial charge in [0.25, 0.3) is 0 Å². The maximum absolute atomic E-state index is 13.5. The minimum absolute atomic E-state index is 0.214. The molecule has 0 aliphatic carbocycles. The van der Waals surface area contributed by atoms with Crippen molar-refractivity contribution in [3.8, 4) is 5.75 Å². The number of morpholine rings is 1. The molecule has 0 radical (unpaired) electrons. The van der Waals surface area contributed by atoms with Crippen LogP contribution < -0.4 is 4.74 Å². The number of para-hydroxylation sites is 1. The third kappa shape index (κ3) is 6.19. The Morgan fingerprint density at radius 2 is 1.95 bits per heavy atom. The number of nitrogens with zero attached hydrogens (tertiary/aromatic N) is 3. The lowest BCUT2D eigenvalue weighted by Gasteiger charge is -2.43. The molecule has 2 aromatic carbocycles. The van der Waals surface area contributed by atoms with E-state index in [1.807, 2.05) is 30.0 Å².